The smallest absolute Gasteiger partial charge is 0.329 e. The molecule has 1 aliphatic rings. The number of hydrogen-bond donors (Lipinski definition) is 2. The van der Waals surface area contributed by atoms with Crippen molar-refractivity contribution in [2.75, 3.05) is 65.0 Å². The minimum atomic E-state index is -0.994. The predicted molar refractivity (Wildman–Crippen MR) is 160 cm³/mol. The van der Waals surface area contributed by atoms with Crippen LogP contribution in [-0.2, 0) is 19.0 Å². The Morgan fingerprint density at radius 2 is 1.79 bits per heavy atom. The summed E-state index contributed by atoms with van der Waals surface area (Å²) in [7, 11) is 0. The number of aromatic nitrogens is 3. The monoisotopic (exact) mass is 639 g/mol. The van der Waals surface area contributed by atoms with Crippen LogP contribution >= 0.6 is 23.2 Å². The quantitative estimate of drug-likeness (QED) is 0.165. The zero-order chi connectivity index (χ0) is 30.8. The lowest BCUT2D eigenvalue weighted by Crippen LogP contribution is -2.37. The molecule has 234 valence electrons. The Morgan fingerprint density at radius 1 is 1.09 bits per heavy atom. The molecule has 3 N–H and O–H groups in total. The van der Waals surface area contributed by atoms with Gasteiger partial charge < -0.3 is 34.7 Å². The maximum absolute atomic E-state index is 14.0. The van der Waals surface area contributed by atoms with Gasteiger partial charge >= 0.3 is 5.97 Å². The first kappa shape index (κ1) is 32.9. The van der Waals surface area contributed by atoms with Crippen molar-refractivity contribution in [2.45, 2.75) is 31.9 Å². The SMILES string of the molecule is C[C@@H](Oc1cc(-c2cnn(C3CCN(CCOCCOCCOCC(=O)O)CC3)c2)cnc1N)c1c(Cl)ccc(F)c1Cl. The number of ether oxygens (including phenoxy) is 4. The molecule has 0 amide bonds. The summed E-state index contributed by atoms with van der Waals surface area (Å²) in [5.74, 6) is -1.05. The second-order valence-corrected chi connectivity index (χ2v) is 10.9. The Morgan fingerprint density at radius 3 is 2.51 bits per heavy atom. The van der Waals surface area contributed by atoms with Gasteiger partial charge in [-0.3, -0.25) is 4.68 Å². The van der Waals surface area contributed by atoms with Crippen LogP contribution in [0, 0.1) is 5.82 Å². The van der Waals surface area contributed by atoms with E-state index in [0.29, 0.717) is 42.8 Å². The number of benzene rings is 1. The van der Waals surface area contributed by atoms with E-state index in [1.807, 2.05) is 10.9 Å². The number of carboxylic acids is 1. The number of nitrogen functional groups attached to an aromatic ring is 1. The van der Waals surface area contributed by atoms with Crippen LogP contribution in [0.2, 0.25) is 10.0 Å². The molecule has 1 aliphatic heterocycles. The van der Waals surface area contributed by atoms with Gasteiger partial charge in [-0.05, 0) is 38.0 Å². The van der Waals surface area contributed by atoms with Gasteiger partial charge in [0.2, 0.25) is 0 Å². The van der Waals surface area contributed by atoms with Crippen LogP contribution in [0.4, 0.5) is 10.2 Å². The fourth-order valence-electron chi connectivity index (χ4n) is 4.76. The minimum absolute atomic E-state index is 0.0913. The van der Waals surface area contributed by atoms with E-state index in [4.69, 9.17) is 53.0 Å². The number of rotatable bonds is 16. The molecule has 14 heteroatoms. The van der Waals surface area contributed by atoms with E-state index in [0.717, 1.165) is 43.6 Å². The molecule has 0 spiro atoms. The van der Waals surface area contributed by atoms with Gasteiger partial charge in [-0.1, -0.05) is 23.2 Å². The summed E-state index contributed by atoms with van der Waals surface area (Å²) in [4.78, 5) is 17.0. The molecule has 0 unspecified atom stereocenters. The van der Waals surface area contributed by atoms with Crippen molar-refractivity contribution in [2.24, 2.45) is 0 Å². The number of aliphatic carboxylic acids is 1. The molecule has 0 aliphatic carbocycles. The van der Waals surface area contributed by atoms with Crippen LogP contribution in [0.25, 0.3) is 11.1 Å². The number of likely N-dealkylation sites (tertiary alicyclic amines) is 1. The van der Waals surface area contributed by atoms with Gasteiger partial charge in [0.25, 0.3) is 0 Å². The summed E-state index contributed by atoms with van der Waals surface area (Å²) in [5.41, 5.74) is 8.08. The third-order valence-corrected chi connectivity index (χ3v) is 7.77. The summed E-state index contributed by atoms with van der Waals surface area (Å²) in [6.07, 6.45) is 6.71. The standard InChI is InChI=1S/C29H36Cl2FN5O6/c1-19(27-23(30)2-3-24(32)28(27)31)43-25-14-20(15-34-29(25)33)21-16-35-37(17-21)22-4-6-36(7-5-22)8-9-40-10-11-41-12-13-42-18-26(38)39/h2-3,14-17,19,22H,4-13,18H2,1H3,(H2,33,34)(H,38,39)/t19-/m1/s1. The van der Waals surface area contributed by atoms with Gasteiger partial charge in [0.15, 0.2) is 11.6 Å². The van der Waals surface area contributed by atoms with Crippen LogP contribution in [0.3, 0.4) is 0 Å². The fourth-order valence-corrected chi connectivity index (χ4v) is 5.44. The van der Waals surface area contributed by atoms with Crippen LogP contribution in [0.15, 0.2) is 36.8 Å². The largest absolute Gasteiger partial charge is 0.482 e. The average molecular weight is 641 g/mol. The summed E-state index contributed by atoms with van der Waals surface area (Å²) < 4.78 is 38.0. The van der Waals surface area contributed by atoms with E-state index in [-0.39, 0.29) is 30.1 Å². The zero-order valence-electron chi connectivity index (χ0n) is 23.9. The molecule has 1 saturated heterocycles. The number of hydrogen-bond acceptors (Lipinski definition) is 9. The van der Waals surface area contributed by atoms with Gasteiger partial charge in [0.1, 0.15) is 18.5 Å². The molecular formula is C29H36Cl2FN5O6. The van der Waals surface area contributed by atoms with Crippen LogP contribution < -0.4 is 10.5 Å². The first-order valence-corrected chi connectivity index (χ1v) is 14.8. The van der Waals surface area contributed by atoms with Crippen LogP contribution in [0.5, 0.6) is 5.75 Å². The van der Waals surface area contributed by atoms with Gasteiger partial charge in [0, 0.05) is 53.7 Å². The van der Waals surface area contributed by atoms with Gasteiger partial charge in [-0.25, -0.2) is 14.2 Å². The van der Waals surface area contributed by atoms with Gasteiger partial charge in [-0.15, -0.1) is 0 Å². The molecule has 43 heavy (non-hydrogen) atoms. The molecule has 0 saturated carbocycles. The summed E-state index contributed by atoms with van der Waals surface area (Å²) in [6.45, 7) is 6.21. The van der Waals surface area contributed by atoms with Gasteiger partial charge in [0.05, 0.1) is 50.3 Å². The van der Waals surface area contributed by atoms with Crippen molar-refractivity contribution in [3.05, 3.63) is 58.2 Å². The number of carboxylic acid groups (broad SMARTS) is 1. The van der Waals surface area contributed by atoms with E-state index >= 15 is 0 Å². The predicted octanol–water partition coefficient (Wildman–Crippen LogP) is 4.88. The number of carbonyl (C=O) groups is 1. The number of piperidine rings is 1. The van der Waals surface area contributed by atoms with E-state index in [9.17, 15) is 9.18 Å². The zero-order valence-corrected chi connectivity index (χ0v) is 25.4. The Labute approximate surface area is 259 Å². The Bertz CT molecular complexity index is 1350. The minimum Gasteiger partial charge on any atom is -0.482 e. The molecule has 1 atom stereocenters. The molecule has 2 aromatic heterocycles. The Hall–Kier alpha value is -3.00. The lowest BCUT2D eigenvalue weighted by molar-refractivity contribution is -0.142. The van der Waals surface area contributed by atoms with Crippen molar-refractivity contribution in [3.8, 4) is 16.9 Å². The van der Waals surface area contributed by atoms with Crippen molar-refractivity contribution < 1.29 is 33.2 Å². The van der Waals surface area contributed by atoms with E-state index in [1.54, 1.807) is 25.4 Å². The number of anilines is 1. The van der Waals surface area contributed by atoms with Crippen LogP contribution in [-0.4, -0.2) is 90.0 Å². The number of pyridine rings is 1. The Kier molecular flexibility index (Phi) is 12.4. The molecule has 3 heterocycles. The maximum Gasteiger partial charge on any atom is 0.329 e. The molecule has 1 fully saturated rings. The lowest BCUT2D eigenvalue weighted by atomic mass is 10.1. The van der Waals surface area contributed by atoms with Crippen molar-refractivity contribution in [1.82, 2.24) is 19.7 Å². The molecule has 11 nitrogen and oxygen atoms in total. The molecule has 1 aromatic carbocycles. The van der Waals surface area contributed by atoms with E-state index in [1.165, 1.54) is 12.1 Å². The molecular weight excluding hydrogens is 604 g/mol. The average Bonchev–Trinajstić information content (AvgIpc) is 3.48. The number of nitrogens with two attached hydrogens (primary N) is 1. The molecule has 0 radical (unpaired) electrons. The second-order valence-electron chi connectivity index (χ2n) is 10.1. The first-order chi connectivity index (χ1) is 20.7. The molecule has 4 rings (SSSR count). The normalized spacial score (nSPS) is 15.1. The van der Waals surface area contributed by atoms with E-state index in [2.05, 4.69) is 15.0 Å². The highest BCUT2D eigenvalue weighted by molar-refractivity contribution is 6.36. The highest BCUT2D eigenvalue weighted by Crippen LogP contribution is 2.37. The molecule has 0 bridgehead atoms. The van der Waals surface area contributed by atoms with Crippen molar-refractivity contribution >= 4 is 35.0 Å². The fraction of sp³-hybridized carbons (Fsp3) is 0.483. The summed E-state index contributed by atoms with van der Waals surface area (Å²) in [6, 6.07) is 4.70. The number of nitrogens with zero attached hydrogens (tertiary/aromatic N) is 4. The highest BCUT2D eigenvalue weighted by atomic mass is 35.5. The topological polar surface area (TPSA) is 134 Å². The number of halogens is 3. The van der Waals surface area contributed by atoms with Crippen molar-refractivity contribution in [3.63, 3.8) is 0 Å². The van der Waals surface area contributed by atoms with Crippen molar-refractivity contribution in [1.29, 1.82) is 0 Å². The highest BCUT2D eigenvalue weighted by Gasteiger charge is 2.23. The summed E-state index contributed by atoms with van der Waals surface area (Å²) >= 11 is 12.4. The van der Waals surface area contributed by atoms with Gasteiger partial charge in [-0.2, -0.15) is 5.10 Å². The summed E-state index contributed by atoms with van der Waals surface area (Å²) in [5, 5.41) is 13.3. The first-order valence-electron chi connectivity index (χ1n) is 14.0. The molecule has 3 aromatic rings. The van der Waals surface area contributed by atoms with E-state index < -0.39 is 17.9 Å². The Balaban J connectivity index is 1.22. The third kappa shape index (κ3) is 9.49. The van der Waals surface area contributed by atoms with Crippen LogP contribution in [0.1, 0.15) is 37.5 Å². The lowest BCUT2D eigenvalue weighted by Gasteiger charge is -2.31. The maximum atomic E-state index is 14.0. The second kappa shape index (κ2) is 16.2. The third-order valence-electron chi connectivity index (χ3n) is 7.06.